The van der Waals surface area contributed by atoms with Crippen molar-refractivity contribution in [3.05, 3.63) is 52.1 Å². The zero-order chi connectivity index (χ0) is 19.6. The molecule has 0 aliphatic rings. The Morgan fingerprint density at radius 1 is 1.12 bits per heavy atom. The van der Waals surface area contributed by atoms with Gasteiger partial charge in [-0.2, -0.15) is 26.3 Å². The van der Waals surface area contributed by atoms with Crippen LogP contribution in [-0.2, 0) is 9.53 Å². The highest BCUT2D eigenvalue weighted by Crippen LogP contribution is 2.36. The summed E-state index contributed by atoms with van der Waals surface area (Å²) in [6, 6.07) is 3.72. The van der Waals surface area contributed by atoms with Gasteiger partial charge >= 0.3 is 18.3 Å². The number of hydrogen-bond acceptors (Lipinski definition) is 5. The number of ether oxygens (including phenoxy) is 1. The first kappa shape index (κ1) is 20.4. The van der Waals surface area contributed by atoms with E-state index in [9.17, 15) is 46.4 Å². The Balaban J connectivity index is 2.94. The molecule has 0 amide bonds. The zero-order valence-electron chi connectivity index (χ0n) is 12.0. The summed E-state index contributed by atoms with van der Waals surface area (Å²) >= 11 is 0. The summed E-state index contributed by atoms with van der Waals surface area (Å²) < 4.78 is 77.4. The predicted molar refractivity (Wildman–Crippen MR) is 69.2 cm³/mol. The molecule has 0 spiro atoms. The summed E-state index contributed by atoms with van der Waals surface area (Å²) in [5.41, 5.74) is -1.71. The second kappa shape index (κ2) is 7.09. The number of nitro groups is 1. The summed E-state index contributed by atoms with van der Waals surface area (Å²) in [6.07, 6.45) is -18.2. The van der Waals surface area contributed by atoms with Gasteiger partial charge in [0.1, 0.15) is 6.10 Å². The topological polar surface area (TPSA) is 89.7 Å². The molecule has 1 atom stereocenters. The predicted octanol–water partition coefficient (Wildman–Crippen LogP) is 3.22. The molecule has 0 saturated carbocycles. The van der Waals surface area contributed by atoms with Crippen LogP contribution in [0.1, 0.15) is 11.7 Å². The van der Waals surface area contributed by atoms with E-state index in [2.05, 4.69) is 11.3 Å². The Bertz CT molecular complexity index is 653. The van der Waals surface area contributed by atoms with Crippen LogP contribution in [0.15, 0.2) is 36.4 Å². The van der Waals surface area contributed by atoms with Gasteiger partial charge in [0.2, 0.25) is 0 Å². The summed E-state index contributed by atoms with van der Waals surface area (Å²) in [6.45, 7) is 2.91. The molecule has 1 aromatic rings. The highest BCUT2D eigenvalue weighted by molar-refractivity contribution is 5.89. The lowest BCUT2D eigenvalue weighted by atomic mass is 10.0. The van der Waals surface area contributed by atoms with Crippen LogP contribution in [0, 0.1) is 10.1 Å². The maximum Gasteiger partial charge on any atom is 0.434 e. The van der Waals surface area contributed by atoms with Crippen molar-refractivity contribution in [2.24, 2.45) is 0 Å². The Labute approximate surface area is 135 Å². The highest BCUT2D eigenvalue weighted by Gasteiger charge is 2.60. The van der Waals surface area contributed by atoms with E-state index in [1.54, 1.807) is 0 Å². The first-order valence-corrected chi connectivity index (χ1v) is 6.20. The first-order valence-electron chi connectivity index (χ1n) is 6.20. The number of nitro benzene ring substituents is 1. The summed E-state index contributed by atoms with van der Waals surface area (Å²) in [5.74, 6) is -2.12. The van der Waals surface area contributed by atoms with Crippen molar-refractivity contribution in [1.82, 2.24) is 0 Å². The third-order valence-electron chi connectivity index (χ3n) is 2.83. The van der Waals surface area contributed by atoms with E-state index in [0.717, 1.165) is 24.3 Å². The average Bonchev–Trinajstić information content (AvgIpc) is 2.48. The van der Waals surface area contributed by atoms with E-state index in [1.165, 1.54) is 0 Å². The van der Waals surface area contributed by atoms with E-state index in [0.29, 0.717) is 0 Å². The SMILES string of the molecule is C=C(C(=O)OC(C(F)(F)F)C(F)(F)F)C(O)c1ccc([N+](=O)[O-])cc1. The molecule has 0 aliphatic heterocycles. The van der Waals surface area contributed by atoms with Crippen LogP contribution in [0.25, 0.3) is 0 Å². The Hall–Kier alpha value is -2.63. The van der Waals surface area contributed by atoms with E-state index in [4.69, 9.17) is 0 Å². The molecule has 12 heteroatoms. The number of halogens is 6. The van der Waals surface area contributed by atoms with Crippen LogP contribution >= 0.6 is 0 Å². The number of aliphatic hydroxyl groups excluding tert-OH is 1. The minimum absolute atomic E-state index is 0.219. The van der Waals surface area contributed by atoms with Gasteiger partial charge in [-0.05, 0) is 17.7 Å². The molecule has 1 unspecified atom stereocenters. The third kappa shape index (κ3) is 5.17. The molecule has 0 aromatic heterocycles. The lowest BCUT2D eigenvalue weighted by Gasteiger charge is -2.24. The maximum atomic E-state index is 12.3. The van der Waals surface area contributed by atoms with Crippen LogP contribution in [0.2, 0.25) is 0 Å². The number of hydrogen-bond donors (Lipinski definition) is 1. The third-order valence-corrected chi connectivity index (χ3v) is 2.83. The molecule has 138 valence electrons. The summed E-state index contributed by atoms with van der Waals surface area (Å²) in [4.78, 5) is 21.1. The number of alkyl halides is 6. The number of rotatable bonds is 5. The number of esters is 1. The fourth-order valence-electron chi connectivity index (χ4n) is 1.59. The van der Waals surface area contributed by atoms with E-state index >= 15 is 0 Å². The number of nitrogens with zero attached hydrogens (tertiary/aromatic N) is 1. The van der Waals surface area contributed by atoms with Crippen LogP contribution in [-0.4, -0.2) is 34.5 Å². The number of non-ortho nitro benzene ring substituents is 1. The molecule has 0 fully saturated rings. The van der Waals surface area contributed by atoms with Crippen molar-refractivity contribution < 1.29 is 45.9 Å². The first-order chi connectivity index (χ1) is 11.2. The number of carbonyl (C=O) groups is 1. The molecule has 0 heterocycles. The molecule has 1 aromatic carbocycles. The standard InChI is InChI=1S/C13H9F6NO5/c1-6(9(21)7-2-4-8(5-3-7)20(23)24)10(22)25-11(12(14,15)16)13(17,18)19/h2-5,9,11,21H,1H2. The van der Waals surface area contributed by atoms with Gasteiger partial charge in [-0.15, -0.1) is 0 Å². The molecular weight excluding hydrogens is 364 g/mol. The molecule has 0 aliphatic carbocycles. The second-order valence-corrected chi connectivity index (χ2v) is 4.64. The number of aliphatic hydroxyl groups is 1. The lowest BCUT2D eigenvalue weighted by molar-refractivity contribution is -0.384. The van der Waals surface area contributed by atoms with E-state index < -0.39 is 46.7 Å². The van der Waals surface area contributed by atoms with Gasteiger partial charge in [0.25, 0.3) is 11.8 Å². The average molecular weight is 373 g/mol. The minimum Gasteiger partial charge on any atom is -0.439 e. The molecule has 25 heavy (non-hydrogen) atoms. The van der Waals surface area contributed by atoms with Gasteiger partial charge in [-0.25, -0.2) is 4.79 Å². The maximum absolute atomic E-state index is 12.3. The van der Waals surface area contributed by atoms with Crippen molar-refractivity contribution in [3.8, 4) is 0 Å². The Kier molecular flexibility index (Phi) is 5.79. The molecule has 1 rings (SSSR count). The van der Waals surface area contributed by atoms with E-state index in [1.807, 2.05) is 0 Å². The largest absolute Gasteiger partial charge is 0.439 e. The lowest BCUT2D eigenvalue weighted by Crippen LogP contribution is -2.45. The summed E-state index contributed by atoms with van der Waals surface area (Å²) in [7, 11) is 0. The van der Waals surface area contributed by atoms with Crippen LogP contribution < -0.4 is 0 Å². The van der Waals surface area contributed by atoms with Crippen molar-refractivity contribution in [1.29, 1.82) is 0 Å². The number of carbonyl (C=O) groups excluding carboxylic acids is 1. The minimum atomic E-state index is -5.91. The normalized spacial score (nSPS) is 13.4. The zero-order valence-corrected chi connectivity index (χ0v) is 12.0. The van der Waals surface area contributed by atoms with Crippen molar-refractivity contribution in [2.45, 2.75) is 24.6 Å². The summed E-state index contributed by atoms with van der Waals surface area (Å²) in [5, 5.41) is 20.2. The molecule has 0 saturated heterocycles. The fourth-order valence-corrected chi connectivity index (χ4v) is 1.59. The quantitative estimate of drug-likeness (QED) is 0.281. The van der Waals surface area contributed by atoms with Crippen LogP contribution in [0.5, 0.6) is 0 Å². The Morgan fingerprint density at radius 3 is 1.92 bits per heavy atom. The Morgan fingerprint density at radius 2 is 1.56 bits per heavy atom. The van der Waals surface area contributed by atoms with Crippen molar-refractivity contribution in [3.63, 3.8) is 0 Å². The molecule has 1 N–H and O–H groups in total. The van der Waals surface area contributed by atoms with E-state index in [-0.39, 0.29) is 5.56 Å². The molecular formula is C13H9F6NO5. The van der Waals surface area contributed by atoms with Gasteiger partial charge in [0.15, 0.2) is 0 Å². The monoisotopic (exact) mass is 373 g/mol. The smallest absolute Gasteiger partial charge is 0.434 e. The second-order valence-electron chi connectivity index (χ2n) is 4.64. The molecule has 0 bridgehead atoms. The van der Waals surface area contributed by atoms with Crippen molar-refractivity contribution >= 4 is 11.7 Å². The van der Waals surface area contributed by atoms with Gasteiger partial charge in [0.05, 0.1) is 10.5 Å². The van der Waals surface area contributed by atoms with Gasteiger partial charge in [0, 0.05) is 12.1 Å². The molecule has 0 radical (unpaired) electrons. The van der Waals surface area contributed by atoms with Gasteiger partial charge in [-0.1, -0.05) is 6.58 Å². The van der Waals surface area contributed by atoms with Crippen LogP contribution in [0.4, 0.5) is 32.0 Å². The van der Waals surface area contributed by atoms with Crippen LogP contribution in [0.3, 0.4) is 0 Å². The fraction of sp³-hybridized carbons (Fsp3) is 0.308. The number of benzene rings is 1. The van der Waals surface area contributed by atoms with Gasteiger partial charge < -0.3 is 9.84 Å². The van der Waals surface area contributed by atoms with Crippen molar-refractivity contribution in [2.75, 3.05) is 0 Å². The van der Waals surface area contributed by atoms with Gasteiger partial charge in [-0.3, -0.25) is 10.1 Å². The highest BCUT2D eigenvalue weighted by atomic mass is 19.4. The molecule has 6 nitrogen and oxygen atoms in total.